The van der Waals surface area contributed by atoms with E-state index in [2.05, 4.69) is 36.1 Å². The van der Waals surface area contributed by atoms with Crippen LogP contribution in [0.25, 0.3) is 10.6 Å². The second-order valence-corrected chi connectivity index (χ2v) is 14.9. The number of amides is 1. The van der Waals surface area contributed by atoms with Crippen LogP contribution < -0.4 is 5.32 Å². The average Bonchev–Trinajstić information content (AvgIpc) is 3.59. The van der Waals surface area contributed by atoms with Crippen molar-refractivity contribution in [3.05, 3.63) is 45.3 Å². The van der Waals surface area contributed by atoms with Crippen molar-refractivity contribution in [1.29, 1.82) is 0 Å². The summed E-state index contributed by atoms with van der Waals surface area (Å²) in [5.41, 5.74) is -0.194. The number of carbonyl (C=O) groups excluding carboxylic acids is 2. The van der Waals surface area contributed by atoms with Gasteiger partial charge in [-0.15, -0.1) is 22.7 Å². The lowest BCUT2D eigenvalue weighted by atomic mass is 9.69. The molecule has 0 bridgehead atoms. The van der Waals surface area contributed by atoms with Crippen LogP contribution >= 0.6 is 22.7 Å². The largest absolute Gasteiger partial charge is 0.465 e. The first-order chi connectivity index (χ1) is 19.7. The molecule has 0 saturated carbocycles. The van der Waals surface area contributed by atoms with Gasteiger partial charge in [-0.1, -0.05) is 33.3 Å². The molecule has 0 unspecified atom stereocenters. The highest BCUT2D eigenvalue weighted by Gasteiger charge is 2.37. The van der Waals surface area contributed by atoms with Crippen molar-refractivity contribution in [2.24, 2.45) is 11.3 Å². The van der Waals surface area contributed by atoms with Crippen molar-refractivity contribution in [1.82, 2.24) is 9.97 Å². The Balaban J connectivity index is 1.48. The predicted molar refractivity (Wildman–Crippen MR) is 156 cm³/mol. The highest BCUT2D eigenvalue weighted by Crippen LogP contribution is 2.45. The van der Waals surface area contributed by atoms with Crippen molar-refractivity contribution in [2.75, 3.05) is 18.2 Å². The maximum Gasteiger partial charge on any atom is 0.433 e. The summed E-state index contributed by atoms with van der Waals surface area (Å²) in [6.45, 7) is 6.60. The highest BCUT2D eigenvalue weighted by molar-refractivity contribution is 7.91. The summed E-state index contributed by atoms with van der Waals surface area (Å²) in [6, 6.07) is 3.86. The first-order valence-electron chi connectivity index (χ1n) is 13.4. The zero-order chi connectivity index (χ0) is 30.9. The van der Waals surface area contributed by atoms with Crippen LogP contribution in [0.5, 0.6) is 0 Å². The number of rotatable bonds is 10. The molecule has 0 radical (unpaired) electrons. The lowest BCUT2D eigenvalue weighted by Crippen LogP contribution is -2.28. The minimum Gasteiger partial charge on any atom is -0.465 e. The van der Waals surface area contributed by atoms with Gasteiger partial charge in [-0.3, -0.25) is 4.79 Å². The van der Waals surface area contributed by atoms with E-state index in [1.54, 1.807) is 11.4 Å². The predicted octanol–water partition coefficient (Wildman–Crippen LogP) is 6.81. The van der Waals surface area contributed by atoms with Crippen molar-refractivity contribution in [2.45, 2.75) is 70.6 Å². The molecule has 0 fully saturated rings. The molecular weight excluding hydrogens is 612 g/mol. The number of nitrogens with one attached hydrogen (secondary N) is 1. The van der Waals surface area contributed by atoms with Crippen LogP contribution in [0.2, 0.25) is 0 Å². The Morgan fingerprint density at radius 3 is 2.57 bits per heavy atom. The second-order valence-electron chi connectivity index (χ2n) is 10.8. The van der Waals surface area contributed by atoms with Gasteiger partial charge in [0.1, 0.15) is 10.7 Å². The van der Waals surface area contributed by atoms with Crippen LogP contribution in [0.3, 0.4) is 0 Å². The molecule has 1 N–H and O–H groups in total. The van der Waals surface area contributed by atoms with Gasteiger partial charge in [-0.2, -0.15) is 13.2 Å². The Hall–Kier alpha value is -2.84. The van der Waals surface area contributed by atoms with E-state index in [9.17, 15) is 31.2 Å². The summed E-state index contributed by atoms with van der Waals surface area (Å²) in [4.78, 5) is 34.1. The van der Waals surface area contributed by atoms with Gasteiger partial charge in [0.25, 0.3) is 0 Å². The number of carbonyl (C=O) groups is 2. The Bertz CT molecular complexity index is 1560. The summed E-state index contributed by atoms with van der Waals surface area (Å²) in [5.74, 6) is -1.29. The van der Waals surface area contributed by atoms with E-state index in [1.807, 2.05) is 0 Å². The van der Waals surface area contributed by atoms with Gasteiger partial charge in [-0.05, 0) is 60.1 Å². The van der Waals surface area contributed by atoms with Crippen molar-refractivity contribution in [3.63, 3.8) is 0 Å². The molecule has 3 aromatic rings. The molecule has 42 heavy (non-hydrogen) atoms. The Labute approximate surface area is 250 Å². The fourth-order valence-corrected chi connectivity index (χ4v) is 8.11. The summed E-state index contributed by atoms with van der Waals surface area (Å²) >= 11 is 2.44. The van der Waals surface area contributed by atoms with Gasteiger partial charge in [-0.25, -0.2) is 23.2 Å². The second kappa shape index (κ2) is 12.4. The van der Waals surface area contributed by atoms with Crippen LogP contribution in [0, 0.1) is 11.3 Å². The summed E-state index contributed by atoms with van der Waals surface area (Å²) in [6.07, 6.45) is -1.92. The molecule has 1 amide bonds. The zero-order valence-electron chi connectivity index (χ0n) is 23.6. The molecule has 3 aromatic heterocycles. The first-order valence-corrected chi connectivity index (χ1v) is 16.8. The standard InChI is InChI=1S/C28H32F3N3O5S3/c1-5-27(2,3)16-10-11-17-20(14-16)41-24(23(17)25(36)39-4)34-22(35)9-7-13-42(37,38)26-32-18(19-8-6-12-40-19)15-21(33-26)28(29,30)31/h6,8,12,15-16H,5,7,9-11,13-14H2,1-4H3,(H,34,35)/t16-/m0/s1. The quantitative estimate of drug-likeness (QED) is 0.191. The maximum absolute atomic E-state index is 13.5. The molecule has 1 aliphatic rings. The molecule has 14 heteroatoms. The monoisotopic (exact) mass is 643 g/mol. The molecule has 8 nitrogen and oxygen atoms in total. The molecule has 0 spiro atoms. The van der Waals surface area contributed by atoms with Gasteiger partial charge in [0.05, 0.1) is 29.0 Å². The molecular formula is C28H32F3N3O5S3. The maximum atomic E-state index is 13.5. The number of hydrogen-bond donors (Lipinski definition) is 1. The Kier molecular flexibility index (Phi) is 9.48. The van der Waals surface area contributed by atoms with E-state index in [-0.39, 0.29) is 24.0 Å². The number of anilines is 1. The summed E-state index contributed by atoms with van der Waals surface area (Å²) in [5, 5.41) is 3.79. The van der Waals surface area contributed by atoms with E-state index in [0.717, 1.165) is 41.0 Å². The van der Waals surface area contributed by atoms with Crippen molar-refractivity contribution < 1.29 is 35.9 Å². The molecule has 228 valence electrons. The lowest BCUT2D eigenvalue weighted by molar-refractivity contribution is -0.141. The molecule has 1 atom stereocenters. The normalized spacial score (nSPS) is 15.7. The fourth-order valence-electron chi connectivity index (χ4n) is 4.91. The number of ether oxygens (including phenoxy) is 1. The number of halogens is 3. The van der Waals surface area contributed by atoms with Crippen LogP contribution in [0.15, 0.2) is 28.7 Å². The highest BCUT2D eigenvalue weighted by atomic mass is 32.2. The van der Waals surface area contributed by atoms with Gasteiger partial charge < -0.3 is 10.1 Å². The Morgan fingerprint density at radius 2 is 1.95 bits per heavy atom. The van der Waals surface area contributed by atoms with Crippen LogP contribution in [0.1, 0.15) is 72.9 Å². The topological polar surface area (TPSA) is 115 Å². The number of esters is 1. The summed E-state index contributed by atoms with van der Waals surface area (Å²) in [7, 11) is -3.07. The SMILES string of the molecule is CCC(C)(C)[C@H]1CCc2c(sc(NC(=O)CCCS(=O)(=O)c3nc(-c4cccs4)cc(C(F)(F)F)n3)c2C(=O)OC)C1. The number of methoxy groups -OCH3 is 1. The number of fused-ring (bicyclic) bond motifs is 1. The van der Waals surface area contributed by atoms with Gasteiger partial charge in [0.15, 0.2) is 0 Å². The van der Waals surface area contributed by atoms with Gasteiger partial charge >= 0.3 is 12.1 Å². The third-order valence-corrected chi connectivity index (χ3v) is 11.4. The van der Waals surface area contributed by atoms with E-state index >= 15 is 0 Å². The number of sulfone groups is 1. The number of thiophene rings is 2. The number of alkyl halides is 3. The molecule has 0 aliphatic heterocycles. The molecule has 1 aliphatic carbocycles. The minimum atomic E-state index is -4.87. The number of hydrogen-bond acceptors (Lipinski definition) is 9. The molecule has 0 aromatic carbocycles. The van der Waals surface area contributed by atoms with Crippen LogP contribution in [-0.2, 0) is 38.4 Å². The van der Waals surface area contributed by atoms with E-state index in [0.29, 0.717) is 33.8 Å². The van der Waals surface area contributed by atoms with Gasteiger partial charge in [0.2, 0.25) is 20.9 Å². The van der Waals surface area contributed by atoms with Gasteiger partial charge in [0, 0.05) is 11.3 Å². The Morgan fingerprint density at radius 1 is 1.21 bits per heavy atom. The van der Waals surface area contributed by atoms with Crippen LogP contribution in [-0.4, -0.2) is 43.1 Å². The fraction of sp³-hybridized carbons (Fsp3) is 0.500. The smallest absolute Gasteiger partial charge is 0.433 e. The zero-order valence-corrected chi connectivity index (χ0v) is 26.1. The molecule has 4 rings (SSSR count). The van der Waals surface area contributed by atoms with Crippen LogP contribution in [0.4, 0.5) is 18.2 Å². The lowest BCUT2D eigenvalue weighted by Gasteiger charge is -2.36. The van der Waals surface area contributed by atoms with E-state index in [1.165, 1.54) is 24.5 Å². The average molecular weight is 644 g/mol. The third-order valence-electron chi connectivity index (χ3n) is 7.79. The number of aromatic nitrogens is 2. The van der Waals surface area contributed by atoms with Crippen molar-refractivity contribution in [3.8, 4) is 10.6 Å². The van der Waals surface area contributed by atoms with E-state index in [4.69, 9.17) is 4.74 Å². The minimum absolute atomic E-state index is 0.121. The third kappa shape index (κ3) is 7.03. The molecule has 3 heterocycles. The van der Waals surface area contributed by atoms with Crippen molar-refractivity contribution >= 4 is 49.4 Å². The number of nitrogens with zero attached hydrogens (tertiary/aromatic N) is 2. The molecule has 0 saturated heterocycles. The van der Waals surface area contributed by atoms with E-state index < -0.39 is 44.5 Å². The first kappa shape index (κ1) is 32.1. The summed E-state index contributed by atoms with van der Waals surface area (Å²) < 4.78 is 71.3.